The summed E-state index contributed by atoms with van der Waals surface area (Å²) in [6.45, 7) is 4.25. The van der Waals surface area contributed by atoms with Crippen molar-refractivity contribution >= 4 is 5.57 Å². The summed E-state index contributed by atoms with van der Waals surface area (Å²) in [5.41, 5.74) is 6.52. The molecule has 0 atom stereocenters. The van der Waals surface area contributed by atoms with Gasteiger partial charge in [-0.05, 0) is 13.8 Å². The van der Waals surface area contributed by atoms with Crippen LogP contribution in [0, 0.1) is 5.82 Å². The highest BCUT2D eigenvalue weighted by molar-refractivity contribution is 5.63. The summed E-state index contributed by atoms with van der Waals surface area (Å²) in [5, 5.41) is 9.22. The third-order valence-corrected chi connectivity index (χ3v) is 1.73. The SMILES string of the molecule is CC(C)N/C=C(\CN)c1[nH]ncc1F. The van der Waals surface area contributed by atoms with Crippen LogP contribution in [0.3, 0.4) is 0 Å². The molecule has 0 radical (unpaired) electrons. The Kier molecular flexibility index (Phi) is 3.64. The highest BCUT2D eigenvalue weighted by Crippen LogP contribution is 2.12. The Hall–Kier alpha value is -1.36. The highest BCUT2D eigenvalue weighted by atomic mass is 19.1. The first-order valence-electron chi connectivity index (χ1n) is 4.49. The Morgan fingerprint density at radius 2 is 2.50 bits per heavy atom. The van der Waals surface area contributed by atoms with Gasteiger partial charge in [0.15, 0.2) is 5.82 Å². The third kappa shape index (κ3) is 2.56. The minimum atomic E-state index is -0.382. The van der Waals surface area contributed by atoms with Gasteiger partial charge in [-0.2, -0.15) is 5.10 Å². The van der Waals surface area contributed by atoms with E-state index in [1.165, 1.54) is 0 Å². The van der Waals surface area contributed by atoms with Crippen LogP contribution in [0.5, 0.6) is 0 Å². The van der Waals surface area contributed by atoms with Crippen molar-refractivity contribution in [3.8, 4) is 0 Å². The van der Waals surface area contributed by atoms with Crippen molar-refractivity contribution < 1.29 is 4.39 Å². The van der Waals surface area contributed by atoms with Gasteiger partial charge in [0.05, 0.1) is 11.9 Å². The van der Waals surface area contributed by atoms with Gasteiger partial charge < -0.3 is 11.1 Å². The molecule has 0 aliphatic carbocycles. The van der Waals surface area contributed by atoms with E-state index in [2.05, 4.69) is 15.5 Å². The standard InChI is InChI=1S/C9H15FN4/c1-6(2)12-4-7(3-11)9-8(10)5-13-14-9/h4-6,12H,3,11H2,1-2H3,(H,13,14)/b7-4+. The molecule has 0 aliphatic heterocycles. The first kappa shape index (κ1) is 10.7. The Bertz CT molecular complexity index is 316. The molecule has 0 amide bonds. The van der Waals surface area contributed by atoms with E-state index in [1.807, 2.05) is 13.8 Å². The van der Waals surface area contributed by atoms with E-state index in [4.69, 9.17) is 5.73 Å². The van der Waals surface area contributed by atoms with Crippen molar-refractivity contribution in [3.05, 3.63) is 23.9 Å². The number of hydrogen-bond donors (Lipinski definition) is 3. The van der Waals surface area contributed by atoms with Gasteiger partial charge in [0.25, 0.3) is 0 Å². The molecule has 1 aromatic heterocycles. The van der Waals surface area contributed by atoms with Gasteiger partial charge in [-0.15, -0.1) is 0 Å². The van der Waals surface area contributed by atoms with Crippen LogP contribution in [0.1, 0.15) is 19.5 Å². The molecule has 1 heterocycles. The molecular weight excluding hydrogens is 183 g/mol. The molecule has 0 saturated carbocycles. The van der Waals surface area contributed by atoms with Crippen molar-refractivity contribution in [2.24, 2.45) is 5.73 Å². The number of nitrogens with two attached hydrogens (primary N) is 1. The second-order valence-electron chi connectivity index (χ2n) is 3.29. The lowest BCUT2D eigenvalue weighted by atomic mass is 10.2. The zero-order valence-electron chi connectivity index (χ0n) is 8.34. The van der Waals surface area contributed by atoms with Crippen LogP contribution in [0.4, 0.5) is 4.39 Å². The first-order valence-corrected chi connectivity index (χ1v) is 4.49. The summed E-state index contributed by atoms with van der Waals surface area (Å²) < 4.78 is 13.1. The van der Waals surface area contributed by atoms with Gasteiger partial charge in [0, 0.05) is 24.4 Å². The molecule has 0 fully saturated rings. The molecule has 0 aromatic carbocycles. The monoisotopic (exact) mass is 198 g/mol. The summed E-state index contributed by atoms with van der Waals surface area (Å²) >= 11 is 0. The Labute approximate surface area is 82.4 Å². The van der Waals surface area contributed by atoms with Crippen molar-refractivity contribution in [1.29, 1.82) is 0 Å². The van der Waals surface area contributed by atoms with E-state index in [1.54, 1.807) is 6.20 Å². The quantitative estimate of drug-likeness (QED) is 0.671. The van der Waals surface area contributed by atoms with Gasteiger partial charge in [0.2, 0.25) is 0 Å². The average Bonchev–Trinajstić information content (AvgIpc) is 2.53. The lowest BCUT2D eigenvalue weighted by Gasteiger charge is -2.07. The normalized spacial score (nSPS) is 12.2. The van der Waals surface area contributed by atoms with Crippen LogP contribution >= 0.6 is 0 Å². The minimum absolute atomic E-state index is 0.263. The van der Waals surface area contributed by atoms with E-state index >= 15 is 0 Å². The van der Waals surface area contributed by atoms with E-state index in [0.717, 1.165) is 6.20 Å². The molecule has 4 nitrogen and oxygen atoms in total. The number of aromatic amines is 1. The van der Waals surface area contributed by atoms with E-state index in [-0.39, 0.29) is 12.4 Å². The molecule has 0 bridgehead atoms. The zero-order valence-corrected chi connectivity index (χ0v) is 8.34. The third-order valence-electron chi connectivity index (χ3n) is 1.73. The van der Waals surface area contributed by atoms with Crippen molar-refractivity contribution in [2.75, 3.05) is 6.54 Å². The summed E-state index contributed by atoms with van der Waals surface area (Å²) in [4.78, 5) is 0. The average molecular weight is 198 g/mol. The molecule has 4 N–H and O–H groups in total. The van der Waals surface area contributed by atoms with Crippen LogP contribution in [-0.4, -0.2) is 22.8 Å². The molecule has 0 unspecified atom stereocenters. The number of hydrogen-bond acceptors (Lipinski definition) is 3. The Morgan fingerprint density at radius 3 is 2.93 bits per heavy atom. The second-order valence-corrected chi connectivity index (χ2v) is 3.29. The molecule has 0 spiro atoms. The fourth-order valence-electron chi connectivity index (χ4n) is 0.997. The van der Waals surface area contributed by atoms with Crippen LogP contribution in [0.25, 0.3) is 5.57 Å². The summed E-state index contributed by atoms with van der Waals surface area (Å²) in [5.74, 6) is -0.382. The summed E-state index contributed by atoms with van der Waals surface area (Å²) in [6, 6.07) is 0.294. The number of nitrogens with zero attached hydrogens (tertiary/aromatic N) is 1. The molecule has 5 heteroatoms. The predicted molar refractivity (Wildman–Crippen MR) is 53.8 cm³/mol. The van der Waals surface area contributed by atoms with Gasteiger partial charge in [0.1, 0.15) is 0 Å². The maximum absolute atomic E-state index is 13.1. The largest absolute Gasteiger partial charge is 0.388 e. The van der Waals surface area contributed by atoms with Crippen molar-refractivity contribution in [3.63, 3.8) is 0 Å². The maximum Gasteiger partial charge on any atom is 0.168 e. The molecule has 14 heavy (non-hydrogen) atoms. The van der Waals surface area contributed by atoms with E-state index in [9.17, 15) is 4.39 Å². The van der Waals surface area contributed by atoms with Crippen LogP contribution in [-0.2, 0) is 0 Å². The van der Waals surface area contributed by atoms with Gasteiger partial charge >= 0.3 is 0 Å². The van der Waals surface area contributed by atoms with E-state index in [0.29, 0.717) is 17.3 Å². The Balaban J connectivity index is 2.82. The second kappa shape index (κ2) is 4.76. The molecule has 78 valence electrons. The number of H-pyrrole nitrogens is 1. The Morgan fingerprint density at radius 1 is 1.79 bits per heavy atom. The summed E-state index contributed by atoms with van der Waals surface area (Å²) in [7, 11) is 0. The molecular formula is C9H15FN4. The lowest BCUT2D eigenvalue weighted by molar-refractivity contribution is 0.623. The van der Waals surface area contributed by atoms with Gasteiger partial charge in [-0.3, -0.25) is 5.10 Å². The molecule has 1 rings (SSSR count). The minimum Gasteiger partial charge on any atom is -0.388 e. The van der Waals surface area contributed by atoms with Crippen LogP contribution in [0.2, 0.25) is 0 Å². The van der Waals surface area contributed by atoms with E-state index < -0.39 is 0 Å². The zero-order chi connectivity index (χ0) is 10.6. The molecule has 0 aliphatic rings. The fourth-order valence-corrected chi connectivity index (χ4v) is 0.997. The first-order chi connectivity index (χ1) is 6.65. The van der Waals surface area contributed by atoms with Gasteiger partial charge in [-0.25, -0.2) is 4.39 Å². The van der Waals surface area contributed by atoms with Crippen LogP contribution in [0.15, 0.2) is 12.4 Å². The summed E-state index contributed by atoms with van der Waals surface area (Å²) in [6.07, 6.45) is 2.84. The lowest BCUT2D eigenvalue weighted by Crippen LogP contribution is -2.18. The maximum atomic E-state index is 13.1. The molecule has 0 saturated heterocycles. The van der Waals surface area contributed by atoms with Crippen LogP contribution < -0.4 is 11.1 Å². The number of halogens is 1. The molecule has 1 aromatic rings. The predicted octanol–water partition coefficient (Wildman–Crippen LogP) is 0.846. The fraction of sp³-hybridized carbons (Fsp3) is 0.444. The van der Waals surface area contributed by atoms with Crippen molar-refractivity contribution in [1.82, 2.24) is 15.5 Å². The number of aromatic nitrogens is 2. The smallest absolute Gasteiger partial charge is 0.168 e. The number of nitrogens with one attached hydrogen (secondary N) is 2. The van der Waals surface area contributed by atoms with Crippen molar-refractivity contribution in [2.45, 2.75) is 19.9 Å². The van der Waals surface area contributed by atoms with Gasteiger partial charge in [-0.1, -0.05) is 0 Å². The topological polar surface area (TPSA) is 66.7 Å². The highest BCUT2D eigenvalue weighted by Gasteiger charge is 2.08. The number of rotatable bonds is 4.